The third kappa shape index (κ3) is 3.71. The lowest BCUT2D eigenvalue weighted by Gasteiger charge is -2.18. The van der Waals surface area contributed by atoms with Gasteiger partial charge in [0, 0.05) is 41.1 Å². The number of carbonyl (C=O) groups excluding carboxylic acids is 2. The van der Waals surface area contributed by atoms with E-state index in [9.17, 15) is 9.59 Å². The van der Waals surface area contributed by atoms with E-state index < -0.39 is 0 Å². The van der Waals surface area contributed by atoms with E-state index in [4.69, 9.17) is 11.6 Å². The number of urea groups is 1. The Morgan fingerprint density at radius 1 is 1.11 bits per heavy atom. The number of hydrogen-bond donors (Lipinski definition) is 1. The van der Waals surface area contributed by atoms with Crippen LogP contribution in [0.4, 0.5) is 16.2 Å². The third-order valence-electron chi connectivity index (χ3n) is 4.45. The van der Waals surface area contributed by atoms with Crippen molar-refractivity contribution in [1.29, 1.82) is 0 Å². The van der Waals surface area contributed by atoms with Crippen LogP contribution in [0.3, 0.4) is 0 Å². The fraction of sp³-hybridized carbons (Fsp3) is 0.150. The van der Waals surface area contributed by atoms with Gasteiger partial charge in [0.1, 0.15) is 6.54 Å². The molecule has 0 saturated carbocycles. The molecule has 1 saturated heterocycles. The number of nitrogens with zero attached hydrogens (tertiary/aromatic N) is 3. The van der Waals surface area contributed by atoms with Gasteiger partial charge in [-0.2, -0.15) is 0 Å². The number of rotatable bonds is 4. The highest BCUT2D eigenvalue weighted by Crippen LogP contribution is 2.22. The second-order valence-corrected chi connectivity index (χ2v) is 6.73. The highest BCUT2D eigenvalue weighted by atomic mass is 35.5. The lowest BCUT2D eigenvalue weighted by Crippen LogP contribution is -2.37. The van der Waals surface area contributed by atoms with Crippen LogP contribution in [0.5, 0.6) is 0 Å². The van der Waals surface area contributed by atoms with Crippen LogP contribution in [0.15, 0.2) is 60.8 Å². The van der Waals surface area contributed by atoms with Crippen molar-refractivity contribution in [2.24, 2.45) is 0 Å². The van der Waals surface area contributed by atoms with Crippen molar-refractivity contribution in [2.45, 2.75) is 0 Å². The Bertz CT molecular complexity index is 1010. The molecule has 2 heterocycles. The number of nitrogens with one attached hydrogen (secondary N) is 1. The van der Waals surface area contributed by atoms with Crippen molar-refractivity contribution >= 4 is 45.8 Å². The van der Waals surface area contributed by atoms with E-state index in [2.05, 4.69) is 10.3 Å². The molecule has 0 aliphatic carbocycles. The Morgan fingerprint density at radius 2 is 1.93 bits per heavy atom. The first-order valence-corrected chi connectivity index (χ1v) is 8.94. The number of halogens is 1. The van der Waals surface area contributed by atoms with E-state index in [1.165, 1.54) is 4.90 Å². The number of fused-ring (bicyclic) bond motifs is 1. The summed E-state index contributed by atoms with van der Waals surface area (Å²) < 4.78 is 0. The van der Waals surface area contributed by atoms with E-state index in [0.29, 0.717) is 23.8 Å². The number of carbonyl (C=O) groups is 2. The minimum Gasteiger partial charge on any atom is -0.325 e. The van der Waals surface area contributed by atoms with Gasteiger partial charge in [0.2, 0.25) is 5.91 Å². The molecule has 1 aromatic heterocycles. The van der Waals surface area contributed by atoms with Crippen LogP contribution < -0.4 is 10.2 Å². The smallest absolute Gasteiger partial charge is 0.325 e. The van der Waals surface area contributed by atoms with Gasteiger partial charge in [-0.25, -0.2) is 4.79 Å². The molecule has 1 fully saturated rings. The molecule has 136 valence electrons. The minimum atomic E-state index is -0.232. The fourth-order valence-corrected chi connectivity index (χ4v) is 3.24. The molecule has 27 heavy (non-hydrogen) atoms. The molecular weight excluding hydrogens is 364 g/mol. The zero-order valence-corrected chi connectivity index (χ0v) is 15.2. The molecule has 1 N–H and O–H groups in total. The molecule has 0 unspecified atom stereocenters. The molecule has 1 aliphatic rings. The Morgan fingerprint density at radius 3 is 2.74 bits per heavy atom. The molecule has 0 radical (unpaired) electrons. The lowest BCUT2D eigenvalue weighted by molar-refractivity contribution is -0.116. The molecule has 7 heteroatoms. The molecule has 6 nitrogen and oxygen atoms in total. The molecule has 4 rings (SSSR count). The second kappa shape index (κ2) is 7.25. The van der Waals surface area contributed by atoms with Crippen LogP contribution in [0.1, 0.15) is 0 Å². The lowest BCUT2D eigenvalue weighted by atomic mass is 10.2. The average molecular weight is 381 g/mol. The van der Waals surface area contributed by atoms with Crippen molar-refractivity contribution in [1.82, 2.24) is 9.88 Å². The van der Waals surface area contributed by atoms with E-state index in [0.717, 1.165) is 16.6 Å². The zero-order chi connectivity index (χ0) is 18.8. The quantitative estimate of drug-likeness (QED) is 0.749. The van der Waals surface area contributed by atoms with Gasteiger partial charge < -0.3 is 10.2 Å². The average Bonchev–Trinajstić information content (AvgIpc) is 3.02. The first-order valence-electron chi connectivity index (χ1n) is 8.57. The summed E-state index contributed by atoms with van der Waals surface area (Å²) in [6.45, 7) is 1.04. The topological polar surface area (TPSA) is 65.5 Å². The SMILES string of the molecule is O=C(CN1CCN(c2ccc(Cl)cc2)C1=O)Nc1ccc2ncccc2c1. The van der Waals surface area contributed by atoms with Crippen molar-refractivity contribution in [2.75, 3.05) is 29.9 Å². The molecule has 1 aliphatic heterocycles. The summed E-state index contributed by atoms with van der Waals surface area (Å²) in [6, 6.07) is 16.2. The van der Waals surface area contributed by atoms with Crippen molar-refractivity contribution < 1.29 is 9.59 Å². The first-order chi connectivity index (χ1) is 13.1. The van der Waals surface area contributed by atoms with Gasteiger partial charge in [0.05, 0.1) is 5.52 Å². The number of aromatic nitrogens is 1. The third-order valence-corrected chi connectivity index (χ3v) is 4.71. The minimum absolute atomic E-state index is 0.00794. The van der Waals surface area contributed by atoms with Gasteiger partial charge >= 0.3 is 6.03 Å². The maximum absolute atomic E-state index is 12.6. The summed E-state index contributed by atoms with van der Waals surface area (Å²) in [4.78, 5) is 32.4. The van der Waals surface area contributed by atoms with E-state index in [1.807, 2.05) is 24.3 Å². The summed E-state index contributed by atoms with van der Waals surface area (Å²) in [5, 5.41) is 4.41. The van der Waals surface area contributed by atoms with Crippen molar-refractivity contribution in [3.63, 3.8) is 0 Å². The maximum Gasteiger partial charge on any atom is 0.325 e. The Kier molecular flexibility index (Phi) is 4.64. The summed E-state index contributed by atoms with van der Waals surface area (Å²) in [5.74, 6) is -0.232. The van der Waals surface area contributed by atoms with Crippen LogP contribution in [-0.2, 0) is 4.79 Å². The number of hydrogen-bond acceptors (Lipinski definition) is 3. The maximum atomic E-state index is 12.6. The van der Waals surface area contributed by atoms with Gasteiger partial charge in [-0.15, -0.1) is 0 Å². The highest BCUT2D eigenvalue weighted by molar-refractivity contribution is 6.30. The molecule has 2 aromatic carbocycles. The van der Waals surface area contributed by atoms with Crippen LogP contribution in [0.25, 0.3) is 10.9 Å². The summed E-state index contributed by atoms with van der Waals surface area (Å²) >= 11 is 5.89. The number of amides is 3. The van der Waals surface area contributed by atoms with Crippen LogP contribution in [0.2, 0.25) is 5.02 Å². The summed E-state index contributed by atoms with van der Waals surface area (Å²) in [7, 11) is 0. The van der Waals surface area contributed by atoms with Gasteiger partial charge in [-0.05, 0) is 48.5 Å². The molecular formula is C20H17ClN4O2. The zero-order valence-electron chi connectivity index (χ0n) is 14.4. The largest absolute Gasteiger partial charge is 0.325 e. The first kappa shape index (κ1) is 17.3. The van der Waals surface area contributed by atoms with Crippen LogP contribution in [0, 0.1) is 0 Å². The standard InChI is InChI=1S/C20H17ClN4O2/c21-15-3-6-17(7-4-15)25-11-10-24(20(25)27)13-19(26)23-16-5-8-18-14(12-16)2-1-9-22-18/h1-9,12H,10-11,13H2,(H,23,26). The Balaban J connectivity index is 1.40. The number of anilines is 2. The fourth-order valence-electron chi connectivity index (χ4n) is 3.12. The predicted octanol–water partition coefficient (Wildman–Crippen LogP) is 3.77. The summed E-state index contributed by atoms with van der Waals surface area (Å²) in [6.07, 6.45) is 1.73. The number of pyridine rings is 1. The molecule has 0 bridgehead atoms. The Hall–Kier alpha value is -3.12. The van der Waals surface area contributed by atoms with Crippen LogP contribution >= 0.6 is 11.6 Å². The van der Waals surface area contributed by atoms with Gasteiger partial charge in [0.25, 0.3) is 0 Å². The Labute approximate surface area is 161 Å². The normalized spacial score (nSPS) is 14.0. The molecule has 0 spiro atoms. The van der Waals surface area contributed by atoms with Crippen LogP contribution in [-0.4, -0.2) is 41.5 Å². The predicted molar refractivity (Wildman–Crippen MR) is 106 cm³/mol. The van der Waals surface area contributed by atoms with Gasteiger partial charge in [0.15, 0.2) is 0 Å². The second-order valence-electron chi connectivity index (χ2n) is 6.29. The summed E-state index contributed by atoms with van der Waals surface area (Å²) in [5.41, 5.74) is 2.32. The molecule has 3 amide bonds. The van der Waals surface area contributed by atoms with Gasteiger partial charge in [-0.1, -0.05) is 17.7 Å². The highest BCUT2D eigenvalue weighted by Gasteiger charge is 2.30. The van der Waals surface area contributed by atoms with Gasteiger partial charge in [-0.3, -0.25) is 14.7 Å². The molecule has 0 atom stereocenters. The number of benzene rings is 2. The van der Waals surface area contributed by atoms with Crippen molar-refractivity contribution in [3.05, 3.63) is 65.8 Å². The van der Waals surface area contributed by atoms with E-state index >= 15 is 0 Å². The van der Waals surface area contributed by atoms with Crippen molar-refractivity contribution in [3.8, 4) is 0 Å². The van der Waals surface area contributed by atoms with E-state index in [-0.39, 0.29) is 18.5 Å². The monoisotopic (exact) mass is 380 g/mol. The molecule has 3 aromatic rings. The van der Waals surface area contributed by atoms with E-state index in [1.54, 1.807) is 41.4 Å².